The van der Waals surface area contributed by atoms with Gasteiger partial charge in [0, 0.05) is 36.6 Å². The Kier molecular flexibility index (Phi) is 4.77. The number of rotatable bonds is 2. The Hall–Kier alpha value is -2.74. The highest BCUT2D eigenvalue weighted by Crippen LogP contribution is 2.36. The van der Waals surface area contributed by atoms with Gasteiger partial charge in [-0.3, -0.25) is 9.58 Å². The number of aromatic nitrogens is 2. The van der Waals surface area contributed by atoms with E-state index in [1.807, 2.05) is 20.0 Å². The van der Waals surface area contributed by atoms with Crippen LogP contribution in [0.25, 0.3) is 10.9 Å². The summed E-state index contributed by atoms with van der Waals surface area (Å²) in [5.41, 5.74) is 1.26. The fraction of sp³-hybridized carbons (Fsp3) is 0.222. The Morgan fingerprint density at radius 1 is 1.22 bits per heavy atom. The first-order valence-electron chi connectivity index (χ1n) is 7.92. The molecule has 27 heavy (non-hydrogen) atoms. The number of fused-ring (bicyclic) bond motifs is 1. The van der Waals surface area contributed by atoms with Crippen LogP contribution < -0.4 is 10.2 Å². The molecule has 0 radical (unpaired) electrons. The van der Waals surface area contributed by atoms with Gasteiger partial charge in [0.25, 0.3) is 0 Å². The molecule has 1 aromatic heterocycles. The van der Waals surface area contributed by atoms with E-state index in [2.05, 4.69) is 10.4 Å². The third kappa shape index (κ3) is 3.71. The predicted molar refractivity (Wildman–Crippen MR) is 99.3 cm³/mol. The molecular formula is C18H16ClF3N4O. The van der Waals surface area contributed by atoms with Crippen molar-refractivity contribution in [3.05, 3.63) is 52.7 Å². The van der Waals surface area contributed by atoms with Gasteiger partial charge >= 0.3 is 12.2 Å². The second-order valence-electron chi connectivity index (χ2n) is 6.09. The lowest BCUT2D eigenvalue weighted by atomic mass is 10.2. The van der Waals surface area contributed by atoms with Crippen LogP contribution in [-0.4, -0.2) is 22.9 Å². The normalized spacial score (nSPS) is 11.7. The fourth-order valence-electron chi connectivity index (χ4n) is 2.67. The number of nitrogens with one attached hydrogen (secondary N) is 1. The van der Waals surface area contributed by atoms with Gasteiger partial charge in [0.2, 0.25) is 0 Å². The summed E-state index contributed by atoms with van der Waals surface area (Å²) in [6, 6.07) is 7.97. The summed E-state index contributed by atoms with van der Waals surface area (Å²) in [5.74, 6) is 0. The summed E-state index contributed by atoms with van der Waals surface area (Å²) in [6.45, 7) is 1.93. The maximum atomic E-state index is 13.0. The number of aryl methyl sites for hydroxylation is 2. The molecule has 2 aromatic carbocycles. The van der Waals surface area contributed by atoms with Crippen molar-refractivity contribution >= 4 is 39.9 Å². The Morgan fingerprint density at radius 2 is 1.93 bits per heavy atom. The molecule has 1 N–H and O–H groups in total. The minimum atomic E-state index is -4.61. The van der Waals surface area contributed by atoms with Crippen LogP contribution in [0, 0.1) is 6.92 Å². The minimum absolute atomic E-state index is 0.00154. The van der Waals surface area contributed by atoms with Gasteiger partial charge in [-0.2, -0.15) is 18.3 Å². The molecular weight excluding hydrogens is 381 g/mol. The summed E-state index contributed by atoms with van der Waals surface area (Å²) in [4.78, 5) is 13.7. The lowest BCUT2D eigenvalue weighted by molar-refractivity contribution is -0.137. The average molecular weight is 397 g/mol. The molecule has 0 fully saturated rings. The molecule has 0 saturated heterocycles. The standard InChI is InChI=1S/C18H16ClF3N4O/c1-10-13-6-5-12(9-16(13)24-26(10)3)25(2)17(27)23-11-4-7-15(19)14(8-11)18(20,21)22/h4-9H,1-3H3,(H,23,27). The van der Waals surface area contributed by atoms with Gasteiger partial charge in [-0.1, -0.05) is 11.6 Å². The van der Waals surface area contributed by atoms with Crippen LogP contribution in [0.5, 0.6) is 0 Å². The van der Waals surface area contributed by atoms with Gasteiger partial charge in [-0.15, -0.1) is 0 Å². The van der Waals surface area contributed by atoms with Gasteiger partial charge in [0.05, 0.1) is 16.1 Å². The van der Waals surface area contributed by atoms with Crippen LogP contribution in [0.3, 0.4) is 0 Å². The molecule has 9 heteroatoms. The monoisotopic (exact) mass is 396 g/mol. The molecule has 5 nitrogen and oxygen atoms in total. The van der Waals surface area contributed by atoms with Gasteiger partial charge in [-0.05, 0) is 43.3 Å². The summed E-state index contributed by atoms with van der Waals surface area (Å²) >= 11 is 5.59. The van der Waals surface area contributed by atoms with Gasteiger partial charge in [0.1, 0.15) is 0 Å². The van der Waals surface area contributed by atoms with E-state index in [1.54, 1.807) is 16.8 Å². The van der Waals surface area contributed by atoms with E-state index in [-0.39, 0.29) is 5.69 Å². The highest BCUT2D eigenvalue weighted by molar-refractivity contribution is 6.31. The number of amides is 2. The first-order chi connectivity index (χ1) is 12.6. The van der Waals surface area contributed by atoms with Crippen molar-refractivity contribution in [3.8, 4) is 0 Å². The maximum absolute atomic E-state index is 13.0. The largest absolute Gasteiger partial charge is 0.417 e. The number of hydrogen-bond donors (Lipinski definition) is 1. The predicted octanol–water partition coefficient (Wildman–Crippen LogP) is 5.22. The average Bonchev–Trinajstić information content (AvgIpc) is 2.88. The zero-order chi connectivity index (χ0) is 19.9. The molecule has 0 atom stereocenters. The van der Waals surface area contributed by atoms with Crippen LogP contribution in [-0.2, 0) is 13.2 Å². The van der Waals surface area contributed by atoms with E-state index in [1.165, 1.54) is 18.0 Å². The molecule has 0 spiro atoms. The Morgan fingerprint density at radius 3 is 2.59 bits per heavy atom. The number of halogens is 4. The molecule has 3 rings (SSSR count). The van der Waals surface area contributed by atoms with Gasteiger partial charge < -0.3 is 5.32 Å². The van der Waals surface area contributed by atoms with Gasteiger partial charge in [0.15, 0.2) is 0 Å². The number of benzene rings is 2. The molecule has 0 aliphatic heterocycles. The van der Waals surface area contributed by atoms with E-state index in [9.17, 15) is 18.0 Å². The van der Waals surface area contributed by atoms with Crippen LogP contribution in [0.4, 0.5) is 29.3 Å². The number of carbonyl (C=O) groups excluding carboxylic acids is 1. The molecule has 0 aliphatic rings. The van der Waals surface area contributed by atoms with Crippen molar-refractivity contribution in [3.63, 3.8) is 0 Å². The lowest BCUT2D eigenvalue weighted by Crippen LogP contribution is -2.31. The summed E-state index contributed by atoms with van der Waals surface area (Å²) in [6.07, 6.45) is -4.61. The molecule has 0 aliphatic carbocycles. The van der Waals surface area contributed by atoms with Crippen LogP contribution in [0.1, 0.15) is 11.3 Å². The summed E-state index contributed by atoms with van der Waals surface area (Å²) < 4.78 is 40.6. The maximum Gasteiger partial charge on any atom is 0.417 e. The summed E-state index contributed by atoms with van der Waals surface area (Å²) in [7, 11) is 3.34. The van der Waals surface area contributed by atoms with Gasteiger partial charge in [-0.25, -0.2) is 4.79 Å². The topological polar surface area (TPSA) is 50.2 Å². The zero-order valence-corrected chi connectivity index (χ0v) is 15.5. The molecule has 142 valence electrons. The zero-order valence-electron chi connectivity index (χ0n) is 14.7. The number of alkyl halides is 3. The van der Waals surface area contributed by atoms with Crippen molar-refractivity contribution in [2.45, 2.75) is 13.1 Å². The highest BCUT2D eigenvalue weighted by atomic mass is 35.5. The van der Waals surface area contributed by atoms with E-state index < -0.39 is 22.8 Å². The van der Waals surface area contributed by atoms with Crippen molar-refractivity contribution < 1.29 is 18.0 Å². The minimum Gasteiger partial charge on any atom is -0.308 e. The summed E-state index contributed by atoms with van der Waals surface area (Å²) in [5, 5.41) is 7.35. The number of nitrogens with zero attached hydrogens (tertiary/aromatic N) is 3. The fourth-order valence-corrected chi connectivity index (χ4v) is 2.90. The Labute approximate surface area is 158 Å². The quantitative estimate of drug-likeness (QED) is 0.645. The van der Waals surface area contributed by atoms with E-state index in [4.69, 9.17) is 11.6 Å². The number of carbonyl (C=O) groups is 1. The lowest BCUT2D eigenvalue weighted by Gasteiger charge is -2.19. The molecule has 0 bridgehead atoms. The second kappa shape index (κ2) is 6.77. The number of urea groups is 1. The number of hydrogen-bond acceptors (Lipinski definition) is 2. The van der Waals surface area contributed by atoms with Crippen molar-refractivity contribution in [1.29, 1.82) is 0 Å². The van der Waals surface area contributed by atoms with E-state index in [0.29, 0.717) is 5.69 Å². The molecule has 2 amide bonds. The van der Waals surface area contributed by atoms with E-state index in [0.717, 1.165) is 28.7 Å². The molecule has 0 saturated carbocycles. The third-order valence-corrected chi connectivity index (χ3v) is 4.66. The van der Waals surface area contributed by atoms with Crippen LogP contribution in [0.15, 0.2) is 36.4 Å². The van der Waals surface area contributed by atoms with Crippen LogP contribution >= 0.6 is 11.6 Å². The first kappa shape index (κ1) is 19.0. The first-order valence-corrected chi connectivity index (χ1v) is 8.30. The van der Waals surface area contributed by atoms with Crippen molar-refractivity contribution in [1.82, 2.24) is 9.78 Å². The Balaban J connectivity index is 1.84. The highest BCUT2D eigenvalue weighted by Gasteiger charge is 2.33. The van der Waals surface area contributed by atoms with Crippen LogP contribution in [0.2, 0.25) is 5.02 Å². The Bertz CT molecular complexity index is 1030. The van der Waals surface area contributed by atoms with E-state index >= 15 is 0 Å². The number of anilines is 2. The third-order valence-electron chi connectivity index (χ3n) is 4.33. The SMILES string of the molecule is Cc1c2ccc(N(C)C(=O)Nc3ccc(Cl)c(C(F)(F)F)c3)cc2nn1C. The molecule has 0 unspecified atom stereocenters. The van der Waals surface area contributed by atoms with Crippen molar-refractivity contribution in [2.75, 3.05) is 17.3 Å². The molecule has 3 aromatic rings. The van der Waals surface area contributed by atoms with Crippen molar-refractivity contribution in [2.24, 2.45) is 7.05 Å². The molecule has 1 heterocycles. The second-order valence-corrected chi connectivity index (χ2v) is 6.50. The smallest absolute Gasteiger partial charge is 0.308 e.